The standard InChI is InChI=1S/C13H9Cl2N3O2/c14-11-5-4-9(7-12(11)15)18-13(19)20-17-8-10-3-1-2-6-16-10/h1-8H,(H,18,19). The number of oxime groups is 1. The van der Waals surface area contributed by atoms with Crippen LogP contribution < -0.4 is 5.32 Å². The second kappa shape index (κ2) is 6.88. The van der Waals surface area contributed by atoms with Crippen LogP contribution in [0, 0.1) is 0 Å². The molecule has 1 aromatic heterocycles. The van der Waals surface area contributed by atoms with Gasteiger partial charge in [0, 0.05) is 11.9 Å². The Kier molecular flexibility index (Phi) is 4.92. The maximum Gasteiger partial charge on any atom is 0.437 e. The summed E-state index contributed by atoms with van der Waals surface area (Å²) in [5.41, 5.74) is 1.03. The molecular weight excluding hydrogens is 301 g/mol. The summed E-state index contributed by atoms with van der Waals surface area (Å²) in [5.74, 6) is 0. The molecule has 1 heterocycles. The quantitative estimate of drug-likeness (QED) is 0.530. The van der Waals surface area contributed by atoms with Crippen molar-refractivity contribution in [1.29, 1.82) is 0 Å². The molecule has 0 aliphatic heterocycles. The first kappa shape index (κ1) is 14.3. The van der Waals surface area contributed by atoms with Crippen LogP contribution in [-0.4, -0.2) is 17.3 Å². The Morgan fingerprint density at radius 1 is 1.25 bits per heavy atom. The number of nitrogens with one attached hydrogen (secondary N) is 1. The molecule has 0 aliphatic carbocycles. The molecule has 0 aliphatic rings. The van der Waals surface area contributed by atoms with Crippen molar-refractivity contribution >= 4 is 41.2 Å². The maximum atomic E-state index is 11.5. The number of benzene rings is 1. The summed E-state index contributed by atoms with van der Waals surface area (Å²) < 4.78 is 0. The molecule has 1 amide bonds. The van der Waals surface area contributed by atoms with E-state index in [1.165, 1.54) is 12.3 Å². The van der Waals surface area contributed by atoms with Crippen molar-refractivity contribution in [2.75, 3.05) is 5.32 Å². The maximum absolute atomic E-state index is 11.5. The van der Waals surface area contributed by atoms with E-state index in [-0.39, 0.29) is 0 Å². The average Bonchev–Trinajstić information content (AvgIpc) is 2.44. The van der Waals surface area contributed by atoms with Gasteiger partial charge in [0.25, 0.3) is 0 Å². The van der Waals surface area contributed by atoms with Gasteiger partial charge in [-0.05, 0) is 30.3 Å². The van der Waals surface area contributed by atoms with E-state index in [0.717, 1.165) is 0 Å². The Hall–Kier alpha value is -2.11. The van der Waals surface area contributed by atoms with Crippen molar-refractivity contribution in [1.82, 2.24) is 4.98 Å². The summed E-state index contributed by atoms with van der Waals surface area (Å²) in [6.45, 7) is 0. The second-order valence-electron chi connectivity index (χ2n) is 3.62. The molecule has 5 nitrogen and oxygen atoms in total. The normalized spacial score (nSPS) is 10.5. The van der Waals surface area contributed by atoms with Crippen molar-refractivity contribution in [3.63, 3.8) is 0 Å². The number of aromatic nitrogens is 1. The van der Waals surface area contributed by atoms with Gasteiger partial charge >= 0.3 is 6.09 Å². The van der Waals surface area contributed by atoms with E-state index in [2.05, 4.69) is 20.3 Å². The molecule has 0 spiro atoms. The molecule has 2 aromatic rings. The minimum absolute atomic E-state index is 0.335. The zero-order valence-electron chi connectivity index (χ0n) is 10.1. The summed E-state index contributed by atoms with van der Waals surface area (Å²) in [4.78, 5) is 20.1. The van der Waals surface area contributed by atoms with E-state index < -0.39 is 6.09 Å². The van der Waals surface area contributed by atoms with Gasteiger partial charge in [0.05, 0.1) is 22.0 Å². The summed E-state index contributed by atoms with van der Waals surface area (Å²) in [6.07, 6.45) is 2.20. The largest absolute Gasteiger partial charge is 0.437 e. The lowest BCUT2D eigenvalue weighted by atomic mass is 10.3. The molecule has 0 fully saturated rings. The van der Waals surface area contributed by atoms with Crippen LogP contribution in [0.25, 0.3) is 0 Å². The first-order valence-corrected chi connectivity index (χ1v) is 6.28. The Balaban J connectivity index is 1.89. The number of hydrogen-bond acceptors (Lipinski definition) is 4. The van der Waals surface area contributed by atoms with Crippen LogP contribution in [-0.2, 0) is 4.84 Å². The van der Waals surface area contributed by atoms with Crippen LogP contribution in [0.1, 0.15) is 5.69 Å². The topological polar surface area (TPSA) is 63.6 Å². The third-order valence-corrected chi connectivity index (χ3v) is 2.91. The molecule has 102 valence electrons. The average molecular weight is 310 g/mol. The minimum Gasteiger partial charge on any atom is -0.298 e. The number of halogens is 2. The fraction of sp³-hybridized carbons (Fsp3) is 0. The lowest BCUT2D eigenvalue weighted by Gasteiger charge is -2.03. The van der Waals surface area contributed by atoms with Gasteiger partial charge < -0.3 is 0 Å². The van der Waals surface area contributed by atoms with Crippen LogP contribution in [0.2, 0.25) is 10.0 Å². The second-order valence-corrected chi connectivity index (χ2v) is 4.44. The molecule has 1 aromatic carbocycles. The van der Waals surface area contributed by atoms with E-state index in [1.54, 1.807) is 36.5 Å². The number of nitrogens with zero attached hydrogens (tertiary/aromatic N) is 2. The Bertz CT molecular complexity index is 633. The molecular formula is C13H9Cl2N3O2. The predicted molar refractivity (Wildman–Crippen MR) is 78.4 cm³/mol. The lowest BCUT2D eigenvalue weighted by molar-refractivity contribution is 0.167. The molecule has 0 saturated heterocycles. The van der Waals surface area contributed by atoms with Crippen LogP contribution in [0.15, 0.2) is 47.8 Å². The van der Waals surface area contributed by atoms with E-state index >= 15 is 0 Å². The highest BCUT2D eigenvalue weighted by atomic mass is 35.5. The van der Waals surface area contributed by atoms with E-state index in [4.69, 9.17) is 23.2 Å². The minimum atomic E-state index is -0.740. The number of carbonyl (C=O) groups excluding carboxylic acids is 1. The highest BCUT2D eigenvalue weighted by molar-refractivity contribution is 6.42. The van der Waals surface area contributed by atoms with Crippen LogP contribution in [0.3, 0.4) is 0 Å². The molecule has 1 N–H and O–H groups in total. The zero-order valence-corrected chi connectivity index (χ0v) is 11.6. The zero-order chi connectivity index (χ0) is 14.4. The number of anilines is 1. The van der Waals surface area contributed by atoms with Gasteiger partial charge in [-0.25, -0.2) is 4.79 Å². The van der Waals surface area contributed by atoms with Gasteiger partial charge in [-0.3, -0.25) is 15.1 Å². The van der Waals surface area contributed by atoms with Crippen LogP contribution in [0.5, 0.6) is 0 Å². The summed E-state index contributed by atoms with van der Waals surface area (Å²) in [5, 5.41) is 6.71. The van der Waals surface area contributed by atoms with Gasteiger partial charge in [-0.1, -0.05) is 34.4 Å². The molecule has 0 atom stereocenters. The third kappa shape index (κ3) is 4.22. The fourth-order valence-corrected chi connectivity index (χ4v) is 1.59. The van der Waals surface area contributed by atoms with Gasteiger partial charge in [0.2, 0.25) is 0 Å². The molecule has 7 heteroatoms. The Labute approximate surface area is 125 Å². The number of rotatable bonds is 3. The fourth-order valence-electron chi connectivity index (χ4n) is 1.30. The summed E-state index contributed by atoms with van der Waals surface area (Å²) in [6, 6.07) is 9.96. The molecule has 2 rings (SSSR count). The van der Waals surface area contributed by atoms with Crippen LogP contribution >= 0.6 is 23.2 Å². The highest BCUT2D eigenvalue weighted by Crippen LogP contribution is 2.24. The molecule has 0 saturated carbocycles. The van der Waals surface area contributed by atoms with Gasteiger partial charge in [0.1, 0.15) is 0 Å². The molecule has 0 unspecified atom stereocenters. The van der Waals surface area contributed by atoms with E-state index in [9.17, 15) is 4.79 Å². The number of amides is 1. The summed E-state index contributed by atoms with van der Waals surface area (Å²) in [7, 11) is 0. The summed E-state index contributed by atoms with van der Waals surface area (Å²) >= 11 is 11.6. The number of pyridine rings is 1. The van der Waals surface area contributed by atoms with E-state index in [1.807, 2.05) is 0 Å². The van der Waals surface area contributed by atoms with Gasteiger partial charge in [-0.2, -0.15) is 0 Å². The van der Waals surface area contributed by atoms with Crippen molar-refractivity contribution in [2.45, 2.75) is 0 Å². The van der Waals surface area contributed by atoms with Crippen molar-refractivity contribution in [2.24, 2.45) is 5.16 Å². The highest BCUT2D eigenvalue weighted by Gasteiger charge is 2.04. The monoisotopic (exact) mass is 309 g/mol. The first-order valence-electron chi connectivity index (χ1n) is 5.52. The van der Waals surface area contributed by atoms with Crippen molar-refractivity contribution in [3.05, 3.63) is 58.3 Å². The molecule has 0 radical (unpaired) electrons. The van der Waals surface area contributed by atoms with Crippen molar-refractivity contribution < 1.29 is 9.63 Å². The number of hydrogen-bond donors (Lipinski definition) is 1. The first-order chi connectivity index (χ1) is 9.65. The molecule has 0 bridgehead atoms. The van der Waals surface area contributed by atoms with Crippen molar-refractivity contribution in [3.8, 4) is 0 Å². The van der Waals surface area contributed by atoms with Gasteiger partial charge in [-0.15, -0.1) is 0 Å². The predicted octanol–water partition coefficient (Wildman–Crippen LogP) is 3.97. The Morgan fingerprint density at radius 2 is 2.10 bits per heavy atom. The van der Waals surface area contributed by atoms with Crippen LogP contribution in [0.4, 0.5) is 10.5 Å². The van der Waals surface area contributed by atoms with E-state index in [0.29, 0.717) is 21.4 Å². The SMILES string of the molecule is O=C(Nc1ccc(Cl)c(Cl)c1)ON=Cc1ccccn1. The number of carbonyl (C=O) groups is 1. The lowest BCUT2D eigenvalue weighted by Crippen LogP contribution is -2.10. The molecule has 20 heavy (non-hydrogen) atoms. The third-order valence-electron chi connectivity index (χ3n) is 2.17. The Morgan fingerprint density at radius 3 is 2.80 bits per heavy atom. The van der Waals surface area contributed by atoms with Gasteiger partial charge in [0.15, 0.2) is 0 Å². The smallest absolute Gasteiger partial charge is 0.298 e.